The normalized spacial score (nSPS) is 11.2. The molecule has 6 nitrogen and oxygen atoms in total. The van der Waals surface area contributed by atoms with Gasteiger partial charge in [0.05, 0.1) is 29.6 Å². The third kappa shape index (κ3) is 4.47. The molecule has 2 aromatic carbocycles. The second-order valence-electron chi connectivity index (χ2n) is 5.95. The first-order valence-corrected chi connectivity index (χ1v) is 8.31. The van der Waals surface area contributed by atoms with Gasteiger partial charge in [-0.05, 0) is 42.3 Å². The molecule has 0 saturated carbocycles. The van der Waals surface area contributed by atoms with E-state index in [9.17, 15) is 18.4 Å². The standard InChI is InChI=1S/C19H16F3N5O/c1-28-26-16-6-2-13(3-7-16)4-9-18-24-12-27(25-18)17-8-5-15(19(20,21)22)10-14(17)11-23/h2-3,5-8,10,12,26H,4,9H2,1H3. The molecule has 3 rings (SSSR count). The third-order valence-electron chi connectivity index (χ3n) is 4.04. The summed E-state index contributed by atoms with van der Waals surface area (Å²) >= 11 is 0. The SMILES string of the molecule is CONc1ccc(CCc2ncn(-c3ccc(C(F)(F)F)cc3C#N)n2)cc1. The van der Waals surface area contributed by atoms with Gasteiger partial charge in [0.2, 0.25) is 0 Å². The fraction of sp³-hybridized carbons (Fsp3) is 0.211. The fourth-order valence-electron chi connectivity index (χ4n) is 2.64. The zero-order chi connectivity index (χ0) is 20.1. The summed E-state index contributed by atoms with van der Waals surface area (Å²) in [5.41, 5.74) is 3.90. The Labute approximate surface area is 159 Å². The molecule has 0 fully saturated rings. The summed E-state index contributed by atoms with van der Waals surface area (Å²) in [6.07, 6.45) is -1.88. The van der Waals surface area contributed by atoms with Gasteiger partial charge in [0.1, 0.15) is 12.4 Å². The van der Waals surface area contributed by atoms with Crippen molar-refractivity contribution in [2.45, 2.75) is 19.0 Å². The van der Waals surface area contributed by atoms with Gasteiger partial charge in [0.15, 0.2) is 5.82 Å². The van der Waals surface area contributed by atoms with Crippen LogP contribution in [0.2, 0.25) is 0 Å². The average Bonchev–Trinajstić information content (AvgIpc) is 3.15. The second-order valence-corrected chi connectivity index (χ2v) is 5.95. The Morgan fingerprint density at radius 1 is 1.14 bits per heavy atom. The number of hydrogen-bond donors (Lipinski definition) is 1. The highest BCUT2D eigenvalue weighted by atomic mass is 19.4. The largest absolute Gasteiger partial charge is 0.416 e. The molecule has 0 aliphatic heterocycles. The van der Waals surface area contributed by atoms with E-state index in [1.165, 1.54) is 24.2 Å². The summed E-state index contributed by atoms with van der Waals surface area (Å²) in [6, 6.07) is 12.4. The fourth-order valence-corrected chi connectivity index (χ4v) is 2.64. The maximum absolute atomic E-state index is 12.8. The molecule has 3 aromatic rings. The van der Waals surface area contributed by atoms with Gasteiger partial charge < -0.3 is 0 Å². The summed E-state index contributed by atoms with van der Waals surface area (Å²) in [5.74, 6) is 0.530. The summed E-state index contributed by atoms with van der Waals surface area (Å²) in [7, 11) is 1.53. The number of nitriles is 1. The molecule has 0 amide bonds. The molecule has 1 aromatic heterocycles. The van der Waals surface area contributed by atoms with Gasteiger partial charge in [-0.3, -0.25) is 10.3 Å². The Kier molecular flexibility index (Phi) is 5.61. The maximum atomic E-state index is 12.8. The summed E-state index contributed by atoms with van der Waals surface area (Å²) < 4.78 is 39.8. The molecule has 0 bridgehead atoms. The van der Waals surface area contributed by atoms with Gasteiger partial charge in [-0.2, -0.15) is 23.5 Å². The predicted molar refractivity (Wildman–Crippen MR) is 95.6 cm³/mol. The zero-order valence-electron chi connectivity index (χ0n) is 14.9. The van der Waals surface area contributed by atoms with E-state index in [1.54, 1.807) is 6.07 Å². The second kappa shape index (κ2) is 8.10. The summed E-state index contributed by atoms with van der Waals surface area (Å²) in [4.78, 5) is 9.02. The van der Waals surface area contributed by atoms with Crippen molar-refractivity contribution in [3.63, 3.8) is 0 Å². The molecule has 0 aliphatic rings. The molecule has 28 heavy (non-hydrogen) atoms. The molecular formula is C19H16F3N5O. The van der Waals surface area contributed by atoms with Crippen LogP contribution >= 0.6 is 0 Å². The molecule has 0 saturated heterocycles. The lowest BCUT2D eigenvalue weighted by atomic mass is 10.1. The van der Waals surface area contributed by atoms with Crippen molar-refractivity contribution in [3.8, 4) is 11.8 Å². The average molecular weight is 387 g/mol. The molecular weight excluding hydrogens is 371 g/mol. The van der Waals surface area contributed by atoms with Gasteiger partial charge in [-0.25, -0.2) is 9.67 Å². The molecule has 1 heterocycles. The predicted octanol–water partition coefficient (Wildman–Crippen LogP) is 3.92. The number of aromatic nitrogens is 3. The van der Waals surface area contributed by atoms with E-state index in [0.29, 0.717) is 18.7 Å². The number of benzene rings is 2. The van der Waals surface area contributed by atoms with Crippen LogP contribution in [0, 0.1) is 11.3 Å². The minimum atomic E-state index is -4.51. The monoisotopic (exact) mass is 387 g/mol. The Hall–Kier alpha value is -3.38. The minimum Gasteiger partial charge on any atom is -0.279 e. The minimum absolute atomic E-state index is 0.118. The van der Waals surface area contributed by atoms with Crippen molar-refractivity contribution >= 4 is 5.69 Å². The van der Waals surface area contributed by atoms with Crippen molar-refractivity contribution in [1.29, 1.82) is 5.26 Å². The quantitative estimate of drug-likeness (QED) is 0.649. The molecule has 0 radical (unpaired) electrons. The first kappa shape index (κ1) is 19.4. The van der Waals surface area contributed by atoms with Crippen LogP contribution in [0.15, 0.2) is 48.8 Å². The van der Waals surface area contributed by atoms with Crippen LogP contribution < -0.4 is 5.48 Å². The van der Waals surface area contributed by atoms with Gasteiger partial charge in [-0.15, -0.1) is 0 Å². The lowest BCUT2D eigenvalue weighted by molar-refractivity contribution is -0.137. The van der Waals surface area contributed by atoms with Gasteiger partial charge in [0.25, 0.3) is 0 Å². The van der Waals surface area contributed by atoms with E-state index in [2.05, 4.69) is 15.6 Å². The first-order valence-electron chi connectivity index (χ1n) is 8.31. The van der Waals surface area contributed by atoms with E-state index in [4.69, 9.17) is 4.84 Å². The highest BCUT2D eigenvalue weighted by Crippen LogP contribution is 2.31. The Balaban J connectivity index is 1.72. The highest BCUT2D eigenvalue weighted by Gasteiger charge is 2.31. The summed E-state index contributed by atoms with van der Waals surface area (Å²) in [5, 5.41) is 13.5. The molecule has 0 unspecified atom stereocenters. The topological polar surface area (TPSA) is 75.8 Å². The number of rotatable bonds is 6. The van der Waals surface area contributed by atoms with E-state index in [1.807, 2.05) is 24.3 Å². The van der Waals surface area contributed by atoms with Crippen molar-refractivity contribution in [1.82, 2.24) is 14.8 Å². The maximum Gasteiger partial charge on any atom is 0.416 e. The van der Waals surface area contributed by atoms with E-state index < -0.39 is 11.7 Å². The Bertz CT molecular complexity index is 990. The number of hydrogen-bond acceptors (Lipinski definition) is 5. The van der Waals surface area contributed by atoms with Crippen molar-refractivity contribution in [2.75, 3.05) is 12.6 Å². The molecule has 0 aliphatic carbocycles. The van der Waals surface area contributed by atoms with Crippen LogP contribution in [0.3, 0.4) is 0 Å². The smallest absolute Gasteiger partial charge is 0.279 e. The van der Waals surface area contributed by atoms with Gasteiger partial charge in [-0.1, -0.05) is 12.1 Å². The van der Waals surface area contributed by atoms with Crippen LogP contribution in [0.25, 0.3) is 5.69 Å². The number of nitrogens with one attached hydrogen (secondary N) is 1. The number of aryl methyl sites for hydroxylation is 2. The Morgan fingerprint density at radius 3 is 2.54 bits per heavy atom. The molecule has 144 valence electrons. The van der Waals surface area contributed by atoms with E-state index in [0.717, 1.165) is 23.4 Å². The number of alkyl halides is 3. The third-order valence-corrected chi connectivity index (χ3v) is 4.04. The first-order chi connectivity index (χ1) is 13.4. The number of nitrogens with zero attached hydrogens (tertiary/aromatic N) is 4. The Morgan fingerprint density at radius 2 is 1.89 bits per heavy atom. The van der Waals surface area contributed by atoms with E-state index >= 15 is 0 Å². The van der Waals surface area contributed by atoms with Crippen LogP contribution in [0.4, 0.5) is 18.9 Å². The van der Waals surface area contributed by atoms with Crippen LogP contribution in [-0.2, 0) is 23.9 Å². The lowest BCUT2D eigenvalue weighted by Gasteiger charge is -2.09. The van der Waals surface area contributed by atoms with E-state index in [-0.39, 0.29) is 11.3 Å². The highest BCUT2D eigenvalue weighted by molar-refractivity contribution is 5.50. The van der Waals surface area contributed by atoms with Crippen LogP contribution in [-0.4, -0.2) is 21.9 Å². The molecule has 0 spiro atoms. The van der Waals surface area contributed by atoms with Crippen molar-refractivity contribution in [3.05, 3.63) is 71.3 Å². The summed E-state index contributed by atoms with van der Waals surface area (Å²) in [6.45, 7) is 0. The van der Waals surface area contributed by atoms with Gasteiger partial charge in [0, 0.05) is 6.42 Å². The number of halogens is 3. The number of anilines is 1. The molecule has 0 atom stereocenters. The molecule has 1 N–H and O–H groups in total. The molecule has 9 heteroatoms. The van der Waals surface area contributed by atoms with Gasteiger partial charge >= 0.3 is 6.18 Å². The van der Waals surface area contributed by atoms with Crippen LogP contribution in [0.1, 0.15) is 22.5 Å². The zero-order valence-corrected chi connectivity index (χ0v) is 14.9. The van der Waals surface area contributed by atoms with Crippen LogP contribution in [0.5, 0.6) is 0 Å². The lowest BCUT2D eigenvalue weighted by Crippen LogP contribution is -2.07. The van der Waals surface area contributed by atoms with Crippen molar-refractivity contribution in [2.24, 2.45) is 0 Å². The van der Waals surface area contributed by atoms with Crippen molar-refractivity contribution < 1.29 is 18.0 Å².